The van der Waals surface area contributed by atoms with Crippen LogP contribution in [0.1, 0.15) is 52.0 Å². The maximum atomic E-state index is 11.9. The smallest absolute Gasteiger partial charge is 0.220 e. The average Bonchev–Trinajstić information content (AvgIpc) is 2.88. The third-order valence-corrected chi connectivity index (χ3v) is 4.56. The molecule has 1 aliphatic carbocycles. The second-order valence-electron chi connectivity index (χ2n) is 7.54. The second-order valence-corrected chi connectivity index (χ2v) is 7.54. The fourth-order valence-electron chi connectivity index (χ4n) is 3.04. The van der Waals surface area contributed by atoms with Crippen LogP contribution in [0.15, 0.2) is 24.3 Å². The van der Waals surface area contributed by atoms with Gasteiger partial charge in [-0.3, -0.25) is 4.79 Å². The summed E-state index contributed by atoms with van der Waals surface area (Å²) in [5.74, 6) is 1.28. The van der Waals surface area contributed by atoms with Gasteiger partial charge in [0.15, 0.2) is 0 Å². The molecule has 0 bridgehead atoms. The number of carbonyl (C=O) groups is 1. The van der Waals surface area contributed by atoms with Crippen LogP contribution in [0, 0.1) is 5.92 Å². The molecule has 128 valence electrons. The molecule has 1 amide bonds. The number of amides is 1. The Labute approximate surface area is 139 Å². The molecule has 1 saturated carbocycles. The summed E-state index contributed by atoms with van der Waals surface area (Å²) in [7, 11) is 0. The monoisotopic (exact) mass is 318 g/mol. The van der Waals surface area contributed by atoms with Gasteiger partial charge in [-0.2, -0.15) is 0 Å². The molecule has 1 aromatic carbocycles. The van der Waals surface area contributed by atoms with E-state index < -0.39 is 0 Å². The molecule has 0 aromatic heterocycles. The van der Waals surface area contributed by atoms with Gasteiger partial charge < -0.3 is 15.8 Å². The molecule has 0 spiro atoms. The molecule has 0 saturated heterocycles. The number of carbonyl (C=O) groups excluding carboxylic acids is 1. The molecular weight excluding hydrogens is 288 g/mol. The summed E-state index contributed by atoms with van der Waals surface area (Å²) in [6, 6.07) is 8.33. The second kappa shape index (κ2) is 7.82. The van der Waals surface area contributed by atoms with Crippen LogP contribution in [-0.4, -0.2) is 25.1 Å². The van der Waals surface area contributed by atoms with E-state index in [1.807, 2.05) is 12.1 Å². The highest BCUT2D eigenvalue weighted by molar-refractivity contribution is 5.76. The number of nitrogens with two attached hydrogens (primary N) is 1. The van der Waals surface area contributed by atoms with Crippen LogP contribution in [0.4, 0.5) is 0 Å². The van der Waals surface area contributed by atoms with E-state index in [-0.39, 0.29) is 17.4 Å². The van der Waals surface area contributed by atoms with E-state index in [2.05, 4.69) is 38.2 Å². The van der Waals surface area contributed by atoms with Crippen LogP contribution in [0.5, 0.6) is 5.75 Å². The van der Waals surface area contributed by atoms with Gasteiger partial charge in [-0.15, -0.1) is 0 Å². The molecule has 2 atom stereocenters. The van der Waals surface area contributed by atoms with Crippen LogP contribution in [0.25, 0.3) is 0 Å². The molecule has 0 aliphatic heterocycles. The highest BCUT2D eigenvalue weighted by Crippen LogP contribution is 2.27. The quantitative estimate of drug-likeness (QED) is 0.793. The SMILES string of the molecule is CC(C)(C)c1cccc(OCCNC(=O)C[C@@H]2CCC[C@H]2N)c1. The van der Waals surface area contributed by atoms with Crippen LogP contribution in [-0.2, 0) is 10.2 Å². The van der Waals surface area contributed by atoms with Crippen LogP contribution >= 0.6 is 0 Å². The molecule has 1 aliphatic rings. The maximum Gasteiger partial charge on any atom is 0.220 e. The molecule has 0 radical (unpaired) electrons. The minimum atomic E-state index is 0.0828. The lowest BCUT2D eigenvalue weighted by Crippen LogP contribution is -2.33. The van der Waals surface area contributed by atoms with Gasteiger partial charge in [0.05, 0.1) is 6.54 Å². The van der Waals surface area contributed by atoms with Gasteiger partial charge in [0.1, 0.15) is 12.4 Å². The van der Waals surface area contributed by atoms with Crippen molar-refractivity contribution in [3.63, 3.8) is 0 Å². The first-order valence-corrected chi connectivity index (χ1v) is 8.62. The Morgan fingerprint density at radius 3 is 2.78 bits per heavy atom. The standard InChI is InChI=1S/C19H30N2O2/c1-19(2,3)15-7-5-8-16(13-15)23-11-10-21-18(22)12-14-6-4-9-17(14)20/h5,7-8,13-14,17H,4,6,9-12,20H2,1-3H3,(H,21,22)/t14-,17+/m0/s1. The van der Waals surface area contributed by atoms with E-state index in [9.17, 15) is 4.79 Å². The minimum Gasteiger partial charge on any atom is -0.492 e. The van der Waals surface area contributed by atoms with Gasteiger partial charge >= 0.3 is 0 Å². The van der Waals surface area contributed by atoms with Crippen molar-refractivity contribution in [3.8, 4) is 5.75 Å². The number of benzene rings is 1. The summed E-state index contributed by atoms with van der Waals surface area (Å²) in [5, 5.41) is 2.93. The summed E-state index contributed by atoms with van der Waals surface area (Å²) in [5.41, 5.74) is 7.35. The highest BCUT2D eigenvalue weighted by atomic mass is 16.5. The minimum absolute atomic E-state index is 0.0828. The van der Waals surface area contributed by atoms with Gasteiger partial charge in [0.25, 0.3) is 0 Å². The van der Waals surface area contributed by atoms with Crippen LogP contribution < -0.4 is 15.8 Å². The lowest BCUT2D eigenvalue weighted by molar-refractivity contribution is -0.122. The van der Waals surface area contributed by atoms with E-state index in [4.69, 9.17) is 10.5 Å². The fourth-order valence-corrected chi connectivity index (χ4v) is 3.04. The molecule has 23 heavy (non-hydrogen) atoms. The summed E-state index contributed by atoms with van der Waals surface area (Å²) >= 11 is 0. The van der Waals surface area contributed by atoms with E-state index in [0.717, 1.165) is 25.0 Å². The van der Waals surface area contributed by atoms with Crippen LogP contribution in [0.3, 0.4) is 0 Å². The Hall–Kier alpha value is -1.55. The van der Waals surface area contributed by atoms with Crippen molar-refractivity contribution < 1.29 is 9.53 Å². The van der Waals surface area contributed by atoms with Crippen molar-refractivity contribution in [2.45, 2.75) is 57.9 Å². The Bertz CT molecular complexity index is 522. The summed E-state index contributed by atoms with van der Waals surface area (Å²) in [4.78, 5) is 11.9. The first-order valence-electron chi connectivity index (χ1n) is 8.62. The van der Waals surface area contributed by atoms with Crippen molar-refractivity contribution >= 4 is 5.91 Å². The zero-order valence-electron chi connectivity index (χ0n) is 14.6. The van der Waals surface area contributed by atoms with Crippen molar-refractivity contribution in [2.75, 3.05) is 13.2 Å². The molecule has 1 fully saturated rings. The van der Waals surface area contributed by atoms with Gasteiger partial charge in [-0.25, -0.2) is 0 Å². The van der Waals surface area contributed by atoms with Crippen molar-refractivity contribution in [1.82, 2.24) is 5.32 Å². The zero-order valence-corrected chi connectivity index (χ0v) is 14.6. The van der Waals surface area contributed by atoms with Gasteiger partial charge in [0.2, 0.25) is 5.91 Å². The Balaban J connectivity index is 1.70. The first kappa shape index (κ1) is 17.8. The Morgan fingerprint density at radius 1 is 1.35 bits per heavy atom. The van der Waals surface area contributed by atoms with Crippen molar-refractivity contribution in [1.29, 1.82) is 0 Å². The number of hydrogen-bond acceptors (Lipinski definition) is 3. The van der Waals surface area contributed by atoms with E-state index in [0.29, 0.717) is 25.5 Å². The van der Waals surface area contributed by atoms with Gasteiger partial charge in [0, 0.05) is 12.5 Å². The molecule has 0 heterocycles. The summed E-state index contributed by atoms with van der Waals surface area (Å²) < 4.78 is 5.74. The number of rotatable bonds is 6. The number of nitrogens with one attached hydrogen (secondary N) is 1. The van der Waals surface area contributed by atoms with E-state index >= 15 is 0 Å². The van der Waals surface area contributed by atoms with Crippen molar-refractivity contribution in [2.24, 2.45) is 11.7 Å². The molecule has 0 unspecified atom stereocenters. The van der Waals surface area contributed by atoms with E-state index in [1.165, 1.54) is 5.56 Å². The molecular formula is C19H30N2O2. The zero-order chi connectivity index (χ0) is 16.9. The first-order chi connectivity index (χ1) is 10.9. The summed E-state index contributed by atoms with van der Waals surface area (Å²) in [6.45, 7) is 7.55. The molecule has 2 rings (SSSR count). The third-order valence-electron chi connectivity index (χ3n) is 4.56. The number of hydrogen-bond donors (Lipinski definition) is 2. The largest absolute Gasteiger partial charge is 0.492 e. The molecule has 4 heteroatoms. The number of ether oxygens (including phenoxy) is 1. The molecule has 1 aromatic rings. The van der Waals surface area contributed by atoms with Gasteiger partial charge in [-0.05, 0) is 41.9 Å². The molecule has 3 N–H and O–H groups in total. The normalized spacial score (nSPS) is 21.2. The Morgan fingerprint density at radius 2 is 2.13 bits per heavy atom. The maximum absolute atomic E-state index is 11.9. The van der Waals surface area contributed by atoms with E-state index in [1.54, 1.807) is 0 Å². The lowest BCUT2D eigenvalue weighted by Gasteiger charge is -2.20. The lowest BCUT2D eigenvalue weighted by atomic mass is 9.87. The summed E-state index contributed by atoms with van der Waals surface area (Å²) in [6.07, 6.45) is 3.81. The van der Waals surface area contributed by atoms with Crippen LogP contribution in [0.2, 0.25) is 0 Å². The highest BCUT2D eigenvalue weighted by Gasteiger charge is 2.25. The van der Waals surface area contributed by atoms with Crippen molar-refractivity contribution in [3.05, 3.63) is 29.8 Å². The Kier molecular flexibility index (Phi) is 6.05. The topological polar surface area (TPSA) is 64.3 Å². The molecule has 4 nitrogen and oxygen atoms in total. The third kappa shape index (κ3) is 5.54. The fraction of sp³-hybridized carbons (Fsp3) is 0.632. The average molecular weight is 318 g/mol. The predicted molar refractivity (Wildman–Crippen MR) is 93.6 cm³/mol. The van der Waals surface area contributed by atoms with Gasteiger partial charge in [-0.1, -0.05) is 39.3 Å². The predicted octanol–water partition coefficient (Wildman–Crippen LogP) is 3.00.